The molecular formula is C11H14ClFN2O. The number of benzene rings is 1. The molecule has 1 amide bonds. The Labute approximate surface area is 99.0 Å². The van der Waals surface area contributed by atoms with Crippen LogP contribution < -0.4 is 10.6 Å². The predicted molar refractivity (Wildman–Crippen MR) is 63.2 cm³/mol. The summed E-state index contributed by atoms with van der Waals surface area (Å²) in [5.74, 6) is -0.396. The van der Waals surface area contributed by atoms with Crippen LogP contribution in [-0.4, -0.2) is 19.0 Å². The molecule has 1 rings (SSSR count). The molecule has 0 fully saturated rings. The first-order valence-electron chi connectivity index (χ1n) is 5.09. The summed E-state index contributed by atoms with van der Waals surface area (Å²) in [7, 11) is 0. The van der Waals surface area contributed by atoms with Gasteiger partial charge in [-0.05, 0) is 25.1 Å². The zero-order chi connectivity index (χ0) is 12.0. The molecule has 0 unspecified atom stereocenters. The van der Waals surface area contributed by atoms with Gasteiger partial charge in [0.15, 0.2) is 0 Å². The molecule has 0 atom stereocenters. The number of hydrogen-bond donors (Lipinski definition) is 2. The largest absolute Gasteiger partial charge is 0.383 e. The van der Waals surface area contributed by atoms with Crippen LogP contribution in [0.25, 0.3) is 0 Å². The maximum absolute atomic E-state index is 12.7. The SMILES string of the molecule is CCNC(=O)CCNc1ccc(F)cc1Cl. The molecule has 2 N–H and O–H groups in total. The maximum Gasteiger partial charge on any atom is 0.221 e. The van der Waals surface area contributed by atoms with Crippen LogP contribution in [0.2, 0.25) is 5.02 Å². The Kier molecular flexibility index (Phi) is 5.05. The van der Waals surface area contributed by atoms with Gasteiger partial charge in [0, 0.05) is 19.5 Å². The van der Waals surface area contributed by atoms with Crippen LogP contribution in [0.5, 0.6) is 0 Å². The first-order chi connectivity index (χ1) is 7.63. The smallest absolute Gasteiger partial charge is 0.221 e. The van der Waals surface area contributed by atoms with Gasteiger partial charge in [-0.15, -0.1) is 0 Å². The van der Waals surface area contributed by atoms with Gasteiger partial charge in [-0.2, -0.15) is 0 Å². The van der Waals surface area contributed by atoms with Crippen molar-refractivity contribution in [2.24, 2.45) is 0 Å². The zero-order valence-corrected chi connectivity index (χ0v) is 9.77. The van der Waals surface area contributed by atoms with E-state index in [1.165, 1.54) is 12.1 Å². The lowest BCUT2D eigenvalue weighted by Gasteiger charge is -2.08. The number of carbonyl (C=O) groups excluding carboxylic acids is 1. The van der Waals surface area contributed by atoms with Crippen molar-refractivity contribution in [3.8, 4) is 0 Å². The van der Waals surface area contributed by atoms with Gasteiger partial charge in [0.25, 0.3) is 0 Å². The highest BCUT2D eigenvalue weighted by atomic mass is 35.5. The molecule has 0 saturated carbocycles. The van der Waals surface area contributed by atoms with Crippen molar-refractivity contribution in [2.45, 2.75) is 13.3 Å². The summed E-state index contributed by atoms with van der Waals surface area (Å²) in [6, 6.07) is 4.10. The molecule has 0 radical (unpaired) electrons. The lowest BCUT2D eigenvalue weighted by atomic mass is 10.3. The van der Waals surface area contributed by atoms with Crippen molar-refractivity contribution < 1.29 is 9.18 Å². The van der Waals surface area contributed by atoms with E-state index in [9.17, 15) is 9.18 Å². The molecule has 0 aliphatic heterocycles. The number of halogens is 2. The Morgan fingerprint density at radius 2 is 2.25 bits per heavy atom. The third-order valence-corrected chi connectivity index (χ3v) is 2.29. The minimum Gasteiger partial charge on any atom is -0.383 e. The van der Waals surface area contributed by atoms with Crippen LogP contribution >= 0.6 is 11.6 Å². The number of carbonyl (C=O) groups is 1. The molecule has 0 saturated heterocycles. The van der Waals surface area contributed by atoms with Gasteiger partial charge in [0.05, 0.1) is 10.7 Å². The van der Waals surface area contributed by atoms with Gasteiger partial charge in [0.1, 0.15) is 5.82 Å². The van der Waals surface area contributed by atoms with Crippen molar-refractivity contribution in [1.29, 1.82) is 0 Å². The van der Waals surface area contributed by atoms with Crippen LogP contribution in [0.3, 0.4) is 0 Å². The Morgan fingerprint density at radius 1 is 1.50 bits per heavy atom. The Balaban J connectivity index is 2.40. The molecular weight excluding hydrogens is 231 g/mol. The zero-order valence-electron chi connectivity index (χ0n) is 9.02. The van der Waals surface area contributed by atoms with Crippen molar-refractivity contribution in [1.82, 2.24) is 5.32 Å². The third kappa shape index (κ3) is 4.06. The first-order valence-corrected chi connectivity index (χ1v) is 5.47. The quantitative estimate of drug-likeness (QED) is 0.835. The second-order valence-electron chi connectivity index (χ2n) is 3.25. The van der Waals surface area contributed by atoms with E-state index in [1.807, 2.05) is 6.92 Å². The fourth-order valence-corrected chi connectivity index (χ4v) is 1.46. The van der Waals surface area contributed by atoms with E-state index in [0.717, 1.165) is 0 Å². The van der Waals surface area contributed by atoms with Crippen molar-refractivity contribution in [2.75, 3.05) is 18.4 Å². The van der Waals surface area contributed by atoms with Crippen molar-refractivity contribution in [3.63, 3.8) is 0 Å². The van der Waals surface area contributed by atoms with Crippen LogP contribution in [-0.2, 0) is 4.79 Å². The second kappa shape index (κ2) is 6.33. The lowest BCUT2D eigenvalue weighted by Crippen LogP contribution is -2.24. The average molecular weight is 245 g/mol. The summed E-state index contributed by atoms with van der Waals surface area (Å²) in [4.78, 5) is 11.1. The Bertz CT molecular complexity index is 371. The van der Waals surface area contributed by atoms with Gasteiger partial charge >= 0.3 is 0 Å². The molecule has 0 aliphatic carbocycles. The second-order valence-corrected chi connectivity index (χ2v) is 3.66. The topological polar surface area (TPSA) is 41.1 Å². The molecule has 3 nitrogen and oxygen atoms in total. The Morgan fingerprint density at radius 3 is 2.88 bits per heavy atom. The van der Waals surface area contributed by atoms with Gasteiger partial charge in [-0.1, -0.05) is 11.6 Å². The van der Waals surface area contributed by atoms with Crippen LogP contribution in [0.15, 0.2) is 18.2 Å². The fraction of sp³-hybridized carbons (Fsp3) is 0.364. The molecule has 0 bridgehead atoms. The highest BCUT2D eigenvalue weighted by Gasteiger charge is 2.02. The lowest BCUT2D eigenvalue weighted by molar-refractivity contribution is -0.120. The van der Waals surface area contributed by atoms with E-state index >= 15 is 0 Å². The molecule has 0 spiro atoms. The molecule has 1 aromatic carbocycles. The first kappa shape index (κ1) is 12.8. The van der Waals surface area contributed by atoms with Gasteiger partial charge in [0.2, 0.25) is 5.91 Å². The summed E-state index contributed by atoms with van der Waals surface area (Å²) in [5, 5.41) is 5.97. The molecule has 88 valence electrons. The summed E-state index contributed by atoms with van der Waals surface area (Å²) in [6.45, 7) is 2.95. The molecule has 1 aromatic rings. The minimum absolute atomic E-state index is 0.0202. The number of hydrogen-bond acceptors (Lipinski definition) is 2. The van der Waals surface area contributed by atoms with Crippen LogP contribution in [0.4, 0.5) is 10.1 Å². The van der Waals surface area contributed by atoms with E-state index in [4.69, 9.17) is 11.6 Å². The summed E-state index contributed by atoms with van der Waals surface area (Å²) >= 11 is 5.80. The molecule has 0 aliphatic rings. The molecule has 0 heterocycles. The fourth-order valence-electron chi connectivity index (χ4n) is 1.23. The molecule has 16 heavy (non-hydrogen) atoms. The van der Waals surface area contributed by atoms with E-state index in [0.29, 0.717) is 30.2 Å². The number of anilines is 1. The van der Waals surface area contributed by atoms with Gasteiger partial charge < -0.3 is 10.6 Å². The summed E-state index contributed by atoms with van der Waals surface area (Å²) < 4.78 is 12.7. The van der Waals surface area contributed by atoms with Gasteiger partial charge in [-0.25, -0.2) is 4.39 Å². The highest BCUT2D eigenvalue weighted by Crippen LogP contribution is 2.22. The van der Waals surface area contributed by atoms with E-state index in [2.05, 4.69) is 10.6 Å². The number of nitrogens with one attached hydrogen (secondary N) is 2. The van der Waals surface area contributed by atoms with Crippen LogP contribution in [0, 0.1) is 5.82 Å². The van der Waals surface area contributed by atoms with E-state index < -0.39 is 0 Å². The standard InChI is InChI=1S/C11H14ClFN2O/c1-2-14-11(16)5-6-15-10-4-3-8(13)7-9(10)12/h3-4,7,15H,2,5-6H2,1H3,(H,14,16). The van der Waals surface area contributed by atoms with Crippen molar-refractivity contribution in [3.05, 3.63) is 29.0 Å². The minimum atomic E-state index is -0.376. The average Bonchev–Trinajstić information content (AvgIpc) is 2.22. The third-order valence-electron chi connectivity index (χ3n) is 1.97. The van der Waals surface area contributed by atoms with Gasteiger partial charge in [-0.3, -0.25) is 4.79 Å². The van der Waals surface area contributed by atoms with Crippen molar-refractivity contribution >= 4 is 23.2 Å². The highest BCUT2D eigenvalue weighted by molar-refractivity contribution is 6.33. The summed E-state index contributed by atoms with van der Waals surface area (Å²) in [6.07, 6.45) is 0.363. The molecule has 5 heteroatoms. The predicted octanol–water partition coefficient (Wildman–Crippen LogP) is 2.42. The number of rotatable bonds is 5. The maximum atomic E-state index is 12.7. The number of amides is 1. The molecule has 0 aromatic heterocycles. The summed E-state index contributed by atoms with van der Waals surface area (Å²) in [5.41, 5.74) is 0.632. The van der Waals surface area contributed by atoms with E-state index in [1.54, 1.807) is 6.07 Å². The van der Waals surface area contributed by atoms with E-state index in [-0.39, 0.29) is 11.7 Å². The normalized spacial score (nSPS) is 9.94. The Hall–Kier alpha value is -1.29. The van der Waals surface area contributed by atoms with Crippen LogP contribution in [0.1, 0.15) is 13.3 Å². The monoisotopic (exact) mass is 244 g/mol.